The Morgan fingerprint density at radius 1 is 1.15 bits per heavy atom. The van der Waals surface area contributed by atoms with Crippen LogP contribution in [0.15, 0.2) is 17.1 Å². The Hall–Kier alpha value is -3.08. The molecule has 2 aliphatic rings. The molecule has 1 fully saturated rings. The van der Waals surface area contributed by atoms with Gasteiger partial charge in [-0.2, -0.15) is 0 Å². The Labute approximate surface area is 240 Å². The number of piperidine rings is 1. The zero-order chi connectivity index (χ0) is 30.5. The van der Waals surface area contributed by atoms with Gasteiger partial charge in [-0.3, -0.25) is 9.59 Å². The van der Waals surface area contributed by atoms with E-state index in [1.807, 2.05) is 13.8 Å². The van der Waals surface area contributed by atoms with Crippen LogP contribution in [0.1, 0.15) is 71.8 Å². The molecular weight excluding hydrogens is 536 g/mol. The molecule has 2 heterocycles. The summed E-state index contributed by atoms with van der Waals surface area (Å²) < 4.78 is 39.0. The van der Waals surface area contributed by atoms with E-state index < -0.39 is 41.1 Å². The fraction of sp³-hybridized carbons (Fsp3) is 0.667. The summed E-state index contributed by atoms with van der Waals surface area (Å²) in [5.74, 6) is -4.92. The average Bonchev–Trinajstić information content (AvgIpc) is 3.21. The molecular formula is C30H43F2N3O6. The third kappa shape index (κ3) is 8.70. The summed E-state index contributed by atoms with van der Waals surface area (Å²) in [6.07, 6.45) is 1.65. The minimum absolute atomic E-state index is 0.0293. The molecule has 0 radical (unpaired) electrons. The molecule has 9 nitrogen and oxygen atoms in total. The van der Waals surface area contributed by atoms with Gasteiger partial charge in [-0.25, -0.2) is 18.6 Å². The summed E-state index contributed by atoms with van der Waals surface area (Å²) in [5.41, 5.74) is 0.203. The fourth-order valence-corrected chi connectivity index (χ4v) is 5.51. The molecule has 0 aromatic heterocycles. The fourth-order valence-electron chi connectivity index (χ4n) is 5.51. The Morgan fingerprint density at radius 2 is 1.83 bits per heavy atom. The van der Waals surface area contributed by atoms with E-state index in [9.17, 15) is 28.3 Å². The van der Waals surface area contributed by atoms with Crippen molar-refractivity contribution in [2.45, 2.75) is 71.8 Å². The highest BCUT2D eigenvalue weighted by Crippen LogP contribution is 2.40. The van der Waals surface area contributed by atoms with Crippen LogP contribution in [-0.2, 0) is 19.1 Å². The van der Waals surface area contributed by atoms with E-state index >= 15 is 0 Å². The number of aliphatic imine (C=N–C) groups is 1. The second-order valence-corrected chi connectivity index (χ2v) is 12.5. The van der Waals surface area contributed by atoms with E-state index in [4.69, 9.17) is 9.47 Å². The van der Waals surface area contributed by atoms with Crippen LogP contribution in [0.25, 0.3) is 0 Å². The molecule has 1 saturated heterocycles. The molecule has 0 saturated carbocycles. The van der Waals surface area contributed by atoms with Crippen molar-refractivity contribution in [1.82, 2.24) is 9.80 Å². The number of hydrogen-bond donors (Lipinski definition) is 1. The van der Waals surface area contributed by atoms with Crippen LogP contribution in [0.3, 0.4) is 0 Å². The predicted molar refractivity (Wildman–Crippen MR) is 150 cm³/mol. The first kappa shape index (κ1) is 32.4. The molecule has 2 amide bonds. The molecule has 3 atom stereocenters. The lowest BCUT2D eigenvalue weighted by Gasteiger charge is -2.39. The smallest absolute Gasteiger partial charge is 0.410 e. The number of aliphatic carboxylic acids is 1. The topological polar surface area (TPSA) is 109 Å². The number of nitrogens with zero attached hydrogens (tertiary/aromatic N) is 3. The van der Waals surface area contributed by atoms with E-state index in [0.717, 1.165) is 18.6 Å². The molecule has 0 bridgehead atoms. The van der Waals surface area contributed by atoms with Crippen LogP contribution in [0, 0.1) is 29.4 Å². The van der Waals surface area contributed by atoms with Gasteiger partial charge in [-0.1, -0.05) is 20.3 Å². The van der Waals surface area contributed by atoms with Gasteiger partial charge in [0.15, 0.2) is 11.6 Å². The highest BCUT2D eigenvalue weighted by atomic mass is 19.2. The standard InChI is InChI=1S/C30H43F2N3O6/c1-18(2)14-34(15-19-11-20(28(37)38)17-35(16-19)29(39)41-30(3,4)5)27(36)26-21(9-7-8-10-40-6)22-12-23(31)24(32)13-25(22)33-26/h12-13,18-21H,7-11,14-17H2,1-6H3,(H,37,38)/t19?,20-,21?/m1/s1. The maximum atomic E-state index is 14.2. The summed E-state index contributed by atoms with van der Waals surface area (Å²) in [6, 6.07) is 2.15. The number of methoxy groups -OCH3 is 1. The lowest BCUT2D eigenvalue weighted by molar-refractivity contribution is -0.144. The van der Waals surface area contributed by atoms with Crippen molar-refractivity contribution in [2.75, 3.05) is 39.9 Å². The largest absolute Gasteiger partial charge is 0.481 e. The Bertz CT molecular complexity index is 1150. The van der Waals surface area contributed by atoms with Gasteiger partial charge in [0.2, 0.25) is 0 Å². The minimum atomic E-state index is -1.03. The first-order valence-corrected chi connectivity index (χ1v) is 14.3. The van der Waals surface area contributed by atoms with E-state index in [-0.39, 0.29) is 48.8 Å². The van der Waals surface area contributed by atoms with Gasteiger partial charge < -0.3 is 24.4 Å². The van der Waals surface area contributed by atoms with Crippen LogP contribution >= 0.6 is 0 Å². The van der Waals surface area contributed by atoms with E-state index in [2.05, 4.69) is 4.99 Å². The van der Waals surface area contributed by atoms with Crippen LogP contribution in [0.4, 0.5) is 19.3 Å². The summed E-state index contributed by atoms with van der Waals surface area (Å²) >= 11 is 0. The number of benzene rings is 1. The SMILES string of the molecule is COCCCCC1C(C(=O)N(CC(C)C)CC2C[C@@H](C(=O)O)CN(C(=O)OC(C)(C)C)C2)=Nc2cc(F)c(F)cc21. The highest BCUT2D eigenvalue weighted by molar-refractivity contribution is 6.42. The third-order valence-corrected chi connectivity index (χ3v) is 7.22. The number of fused-ring (bicyclic) bond motifs is 1. The zero-order valence-electron chi connectivity index (χ0n) is 24.9. The van der Waals surface area contributed by atoms with Gasteiger partial charge >= 0.3 is 12.1 Å². The van der Waals surface area contributed by atoms with E-state index in [0.29, 0.717) is 38.0 Å². The van der Waals surface area contributed by atoms with Crippen LogP contribution < -0.4 is 0 Å². The number of hydrogen-bond acceptors (Lipinski definition) is 6. The second-order valence-electron chi connectivity index (χ2n) is 12.5. The van der Waals surface area contributed by atoms with Gasteiger partial charge in [0, 0.05) is 51.9 Å². The summed E-state index contributed by atoms with van der Waals surface area (Å²) in [6.45, 7) is 10.5. The lowest BCUT2D eigenvalue weighted by Crippen LogP contribution is -2.51. The number of unbranched alkanes of at least 4 members (excludes halogenated alkanes) is 1. The first-order valence-electron chi connectivity index (χ1n) is 14.3. The minimum Gasteiger partial charge on any atom is -0.481 e. The summed E-state index contributed by atoms with van der Waals surface area (Å²) in [5, 5.41) is 9.80. The maximum absolute atomic E-state index is 14.2. The van der Waals surface area contributed by atoms with Gasteiger partial charge in [0.1, 0.15) is 11.3 Å². The number of halogens is 2. The van der Waals surface area contributed by atoms with Crippen molar-refractivity contribution in [1.29, 1.82) is 0 Å². The normalized spacial score (nSPS) is 20.6. The summed E-state index contributed by atoms with van der Waals surface area (Å²) in [4.78, 5) is 46.4. The van der Waals surface area contributed by atoms with Crippen molar-refractivity contribution < 1.29 is 37.7 Å². The number of amides is 2. The molecule has 2 aliphatic heterocycles. The van der Waals surface area contributed by atoms with Crippen molar-refractivity contribution in [2.24, 2.45) is 22.7 Å². The van der Waals surface area contributed by atoms with Crippen LogP contribution in [0.2, 0.25) is 0 Å². The molecule has 41 heavy (non-hydrogen) atoms. The van der Waals surface area contributed by atoms with Crippen LogP contribution in [-0.4, -0.2) is 84.1 Å². The quantitative estimate of drug-likeness (QED) is 0.352. The van der Waals surface area contributed by atoms with Crippen molar-refractivity contribution in [3.63, 3.8) is 0 Å². The van der Waals surface area contributed by atoms with E-state index in [1.165, 1.54) is 4.90 Å². The number of likely N-dealkylation sites (tertiary alicyclic amines) is 1. The maximum Gasteiger partial charge on any atom is 0.410 e. The number of ether oxygens (including phenoxy) is 2. The second kappa shape index (κ2) is 13.7. The Kier molecular flexibility index (Phi) is 10.9. The monoisotopic (exact) mass is 579 g/mol. The van der Waals surface area contributed by atoms with Crippen molar-refractivity contribution in [3.05, 3.63) is 29.3 Å². The highest BCUT2D eigenvalue weighted by Gasteiger charge is 2.39. The zero-order valence-corrected chi connectivity index (χ0v) is 24.9. The van der Waals surface area contributed by atoms with Gasteiger partial charge in [0.05, 0.1) is 11.6 Å². The molecule has 11 heteroatoms. The van der Waals surface area contributed by atoms with Crippen molar-refractivity contribution >= 4 is 29.4 Å². The number of carboxylic acids is 1. The van der Waals surface area contributed by atoms with Crippen molar-refractivity contribution in [3.8, 4) is 0 Å². The van der Waals surface area contributed by atoms with Gasteiger partial charge in [-0.15, -0.1) is 0 Å². The number of carboxylic acid groups (broad SMARTS) is 1. The molecule has 3 rings (SSSR count). The van der Waals surface area contributed by atoms with Gasteiger partial charge in [-0.05, 0) is 63.5 Å². The Balaban J connectivity index is 1.87. The molecule has 1 aromatic carbocycles. The number of carbonyl (C=O) groups excluding carboxylic acids is 2. The summed E-state index contributed by atoms with van der Waals surface area (Å²) in [7, 11) is 1.60. The van der Waals surface area contributed by atoms with Gasteiger partial charge in [0.25, 0.3) is 5.91 Å². The first-order chi connectivity index (χ1) is 19.2. The molecule has 1 aromatic rings. The molecule has 2 unspecified atom stereocenters. The number of carbonyl (C=O) groups is 3. The predicted octanol–water partition coefficient (Wildman–Crippen LogP) is 5.39. The third-order valence-electron chi connectivity index (χ3n) is 7.22. The number of rotatable bonds is 11. The molecule has 0 aliphatic carbocycles. The average molecular weight is 580 g/mol. The van der Waals surface area contributed by atoms with Crippen LogP contribution in [0.5, 0.6) is 0 Å². The Morgan fingerprint density at radius 3 is 2.44 bits per heavy atom. The lowest BCUT2D eigenvalue weighted by atomic mass is 9.87. The van der Waals surface area contributed by atoms with E-state index in [1.54, 1.807) is 32.8 Å². The molecule has 228 valence electrons. The molecule has 1 N–H and O–H groups in total. The molecule has 0 spiro atoms.